The fourth-order valence-corrected chi connectivity index (χ4v) is 4.78. The van der Waals surface area contributed by atoms with E-state index in [2.05, 4.69) is 58.6 Å². The first kappa shape index (κ1) is 22.6. The summed E-state index contributed by atoms with van der Waals surface area (Å²) in [4.78, 5) is 9.66. The molecule has 1 fully saturated rings. The minimum Gasteiger partial charge on any atom is -0.496 e. The number of hydrogen-bond donors (Lipinski definition) is 2. The van der Waals surface area contributed by atoms with Crippen LogP contribution in [0.25, 0.3) is 0 Å². The van der Waals surface area contributed by atoms with Crippen molar-refractivity contribution in [2.75, 3.05) is 53.6 Å². The Balaban J connectivity index is 1.56. The van der Waals surface area contributed by atoms with Gasteiger partial charge >= 0.3 is 0 Å². The van der Waals surface area contributed by atoms with Crippen LogP contribution in [0.3, 0.4) is 0 Å². The van der Waals surface area contributed by atoms with Crippen LogP contribution in [0, 0.1) is 13.8 Å². The zero-order chi connectivity index (χ0) is 21.3. The smallest absolute Gasteiger partial charge is 0.191 e. The van der Waals surface area contributed by atoms with Gasteiger partial charge in [-0.05, 0) is 44.0 Å². The maximum absolute atomic E-state index is 5.56. The first-order chi connectivity index (χ1) is 14.6. The number of ether oxygens (including phenoxy) is 2. The molecule has 30 heavy (non-hydrogen) atoms. The lowest BCUT2D eigenvalue weighted by Crippen LogP contribution is -2.46. The molecule has 1 saturated heterocycles. The maximum Gasteiger partial charge on any atom is 0.191 e. The number of morpholine rings is 1. The summed E-state index contributed by atoms with van der Waals surface area (Å²) >= 11 is 1.87. The van der Waals surface area contributed by atoms with Gasteiger partial charge in [-0.15, -0.1) is 11.3 Å². The molecule has 0 bridgehead atoms. The molecule has 2 heterocycles. The fraction of sp³-hybridized carbons (Fsp3) is 0.522. The summed E-state index contributed by atoms with van der Waals surface area (Å²) < 4.78 is 11.0. The third-order valence-corrected chi connectivity index (χ3v) is 6.49. The molecule has 1 aromatic heterocycles. The largest absolute Gasteiger partial charge is 0.496 e. The molecule has 0 radical (unpaired) electrons. The standard InChI is InChI=1S/C23H34N4O2S/c1-17-5-7-21(28-4)19(15-17)9-10-25-23(24-3)26-16-20(22-8-6-18(2)30-22)27-11-13-29-14-12-27/h5-8,15,20H,9-14,16H2,1-4H3,(H2,24,25,26). The molecule has 2 N–H and O–H groups in total. The Morgan fingerprint density at radius 1 is 1.20 bits per heavy atom. The Kier molecular flexibility index (Phi) is 8.54. The molecule has 7 heteroatoms. The third-order valence-electron chi connectivity index (χ3n) is 5.39. The number of benzene rings is 1. The molecule has 2 aromatic rings. The number of aliphatic imine (C=N–C) groups is 1. The topological polar surface area (TPSA) is 58.1 Å². The Hall–Kier alpha value is -2.09. The van der Waals surface area contributed by atoms with Crippen molar-refractivity contribution in [2.45, 2.75) is 26.3 Å². The summed E-state index contributed by atoms with van der Waals surface area (Å²) in [5.41, 5.74) is 2.45. The minimum absolute atomic E-state index is 0.322. The lowest BCUT2D eigenvalue weighted by Gasteiger charge is -2.34. The monoisotopic (exact) mass is 430 g/mol. The fourth-order valence-electron chi connectivity index (χ4n) is 3.76. The molecule has 0 aliphatic carbocycles. The van der Waals surface area contributed by atoms with Crippen LogP contribution in [-0.2, 0) is 11.2 Å². The Labute approximate surface area is 184 Å². The van der Waals surface area contributed by atoms with Crippen molar-refractivity contribution >= 4 is 17.3 Å². The van der Waals surface area contributed by atoms with Crippen LogP contribution in [0.1, 0.15) is 26.9 Å². The highest BCUT2D eigenvalue weighted by Crippen LogP contribution is 2.28. The second-order valence-corrected chi connectivity index (χ2v) is 8.88. The van der Waals surface area contributed by atoms with Gasteiger partial charge in [0.05, 0.1) is 26.4 Å². The molecule has 0 amide bonds. The average molecular weight is 431 g/mol. The van der Waals surface area contributed by atoms with Gasteiger partial charge in [-0.1, -0.05) is 17.7 Å². The van der Waals surface area contributed by atoms with Crippen LogP contribution in [0.15, 0.2) is 35.3 Å². The van der Waals surface area contributed by atoms with Crippen molar-refractivity contribution in [3.8, 4) is 5.75 Å². The van der Waals surface area contributed by atoms with Gasteiger partial charge in [0.25, 0.3) is 0 Å². The van der Waals surface area contributed by atoms with Crippen LogP contribution in [0.4, 0.5) is 0 Å². The van der Waals surface area contributed by atoms with Gasteiger partial charge in [0.2, 0.25) is 0 Å². The minimum atomic E-state index is 0.322. The van der Waals surface area contributed by atoms with Crippen LogP contribution in [0.2, 0.25) is 0 Å². The summed E-state index contributed by atoms with van der Waals surface area (Å²) in [7, 11) is 3.54. The number of aryl methyl sites for hydroxylation is 2. The zero-order valence-corrected chi connectivity index (χ0v) is 19.3. The van der Waals surface area contributed by atoms with E-state index in [0.717, 1.165) is 57.5 Å². The van der Waals surface area contributed by atoms with Gasteiger partial charge in [0.1, 0.15) is 5.75 Å². The van der Waals surface area contributed by atoms with Gasteiger partial charge in [-0.3, -0.25) is 9.89 Å². The summed E-state index contributed by atoms with van der Waals surface area (Å²) in [6, 6.07) is 11.1. The SMILES string of the molecule is CN=C(NCCc1cc(C)ccc1OC)NCC(c1ccc(C)s1)N1CCOCC1. The number of thiophene rings is 1. The summed E-state index contributed by atoms with van der Waals surface area (Å²) in [5, 5.41) is 6.98. The van der Waals surface area contributed by atoms with Crippen molar-refractivity contribution in [1.82, 2.24) is 15.5 Å². The van der Waals surface area contributed by atoms with E-state index >= 15 is 0 Å². The van der Waals surface area contributed by atoms with Gasteiger partial charge in [0, 0.05) is 43.0 Å². The van der Waals surface area contributed by atoms with Crippen molar-refractivity contribution in [3.63, 3.8) is 0 Å². The molecule has 0 saturated carbocycles. The normalized spacial score (nSPS) is 16.3. The van der Waals surface area contributed by atoms with Gasteiger partial charge in [-0.2, -0.15) is 0 Å². The van der Waals surface area contributed by atoms with Gasteiger partial charge in [-0.25, -0.2) is 0 Å². The van der Waals surface area contributed by atoms with Crippen LogP contribution < -0.4 is 15.4 Å². The molecular weight excluding hydrogens is 396 g/mol. The predicted octanol–water partition coefficient (Wildman–Crippen LogP) is 3.15. The quantitative estimate of drug-likeness (QED) is 0.498. The number of hydrogen-bond acceptors (Lipinski definition) is 5. The number of guanidine groups is 1. The summed E-state index contributed by atoms with van der Waals surface area (Å²) in [6.45, 7) is 9.39. The lowest BCUT2D eigenvalue weighted by atomic mass is 10.1. The predicted molar refractivity (Wildman–Crippen MR) is 125 cm³/mol. The van der Waals surface area contributed by atoms with E-state index in [0.29, 0.717) is 6.04 Å². The van der Waals surface area contributed by atoms with E-state index in [1.165, 1.54) is 20.9 Å². The van der Waals surface area contributed by atoms with Crippen LogP contribution >= 0.6 is 11.3 Å². The highest BCUT2D eigenvalue weighted by Gasteiger charge is 2.24. The van der Waals surface area contributed by atoms with Crippen molar-refractivity contribution < 1.29 is 9.47 Å². The van der Waals surface area contributed by atoms with Gasteiger partial charge in [0.15, 0.2) is 5.96 Å². The Morgan fingerprint density at radius 2 is 2.00 bits per heavy atom. The first-order valence-electron chi connectivity index (χ1n) is 10.6. The van der Waals surface area contributed by atoms with E-state index in [4.69, 9.17) is 9.47 Å². The number of rotatable bonds is 8. The van der Waals surface area contributed by atoms with E-state index in [1.54, 1.807) is 7.11 Å². The number of nitrogens with one attached hydrogen (secondary N) is 2. The van der Waals surface area contributed by atoms with Gasteiger partial charge < -0.3 is 20.1 Å². The average Bonchev–Trinajstić information content (AvgIpc) is 3.19. The molecule has 1 atom stereocenters. The van der Waals surface area contributed by atoms with E-state index in [-0.39, 0.29) is 0 Å². The van der Waals surface area contributed by atoms with E-state index in [9.17, 15) is 0 Å². The molecule has 1 aromatic carbocycles. The summed E-state index contributed by atoms with van der Waals surface area (Å²) in [6.07, 6.45) is 0.878. The maximum atomic E-state index is 5.56. The highest BCUT2D eigenvalue weighted by molar-refractivity contribution is 7.12. The van der Waals surface area contributed by atoms with Crippen molar-refractivity contribution in [1.29, 1.82) is 0 Å². The van der Waals surface area contributed by atoms with Crippen molar-refractivity contribution in [2.24, 2.45) is 4.99 Å². The molecule has 164 valence electrons. The molecular formula is C23H34N4O2S. The molecule has 1 unspecified atom stereocenters. The second-order valence-electron chi connectivity index (χ2n) is 7.56. The summed E-state index contributed by atoms with van der Waals surface area (Å²) in [5.74, 6) is 1.76. The molecule has 1 aliphatic heterocycles. The van der Waals surface area contributed by atoms with Crippen molar-refractivity contribution in [3.05, 3.63) is 51.2 Å². The van der Waals surface area contributed by atoms with Crippen LogP contribution in [-0.4, -0.2) is 64.4 Å². The Bertz CT molecular complexity index is 830. The Morgan fingerprint density at radius 3 is 2.67 bits per heavy atom. The number of nitrogens with zero attached hydrogens (tertiary/aromatic N) is 2. The molecule has 1 aliphatic rings. The number of methoxy groups -OCH3 is 1. The zero-order valence-electron chi connectivity index (χ0n) is 18.5. The van der Waals surface area contributed by atoms with E-state index in [1.807, 2.05) is 24.5 Å². The highest BCUT2D eigenvalue weighted by atomic mass is 32.1. The molecule has 3 rings (SSSR count). The second kappa shape index (κ2) is 11.3. The molecule has 6 nitrogen and oxygen atoms in total. The van der Waals surface area contributed by atoms with Crippen LogP contribution in [0.5, 0.6) is 5.75 Å². The first-order valence-corrected chi connectivity index (χ1v) is 11.4. The van der Waals surface area contributed by atoms with E-state index < -0.39 is 0 Å². The molecule has 0 spiro atoms. The lowest BCUT2D eigenvalue weighted by molar-refractivity contribution is 0.0177. The third kappa shape index (κ3) is 6.20.